The van der Waals surface area contributed by atoms with E-state index in [1.807, 2.05) is 0 Å². The maximum atomic E-state index is 10.8. The Bertz CT molecular complexity index is 422. The minimum absolute atomic E-state index is 0.130. The largest absolute Gasteiger partial charge is 0.460 e. The lowest BCUT2D eigenvalue weighted by molar-refractivity contribution is -0.141. The maximum absolute atomic E-state index is 10.8. The Morgan fingerprint density at radius 2 is 2.29 bits per heavy atom. The van der Waals surface area contributed by atoms with E-state index in [1.165, 1.54) is 6.21 Å². The van der Waals surface area contributed by atoms with Crippen molar-refractivity contribution in [2.45, 2.75) is 13.3 Å². The van der Waals surface area contributed by atoms with E-state index < -0.39 is 0 Å². The van der Waals surface area contributed by atoms with Crippen molar-refractivity contribution in [1.29, 1.82) is 0 Å². The highest BCUT2D eigenvalue weighted by atomic mass is 35.5. The SMILES string of the molecule is CCC(=O)OC/C=N/Nc1ccc(Cl)cc1Cl. The average molecular weight is 275 g/mol. The van der Waals surface area contributed by atoms with Gasteiger partial charge in [-0.25, -0.2) is 0 Å². The minimum atomic E-state index is -0.263. The zero-order valence-corrected chi connectivity index (χ0v) is 10.8. The lowest BCUT2D eigenvalue weighted by Crippen LogP contribution is -2.05. The molecule has 0 unspecified atom stereocenters. The molecule has 0 heterocycles. The lowest BCUT2D eigenvalue weighted by atomic mass is 10.3. The number of nitrogens with zero attached hydrogens (tertiary/aromatic N) is 1. The van der Waals surface area contributed by atoms with Crippen molar-refractivity contribution in [3.8, 4) is 0 Å². The molecule has 0 spiro atoms. The third kappa shape index (κ3) is 5.06. The molecule has 0 aliphatic heterocycles. The van der Waals surface area contributed by atoms with Gasteiger partial charge in [0.15, 0.2) is 0 Å². The van der Waals surface area contributed by atoms with Crippen molar-refractivity contribution in [3.05, 3.63) is 28.2 Å². The monoisotopic (exact) mass is 274 g/mol. The topological polar surface area (TPSA) is 50.7 Å². The van der Waals surface area contributed by atoms with E-state index in [0.29, 0.717) is 22.2 Å². The molecule has 0 saturated carbocycles. The van der Waals surface area contributed by atoms with Gasteiger partial charge in [0, 0.05) is 11.4 Å². The van der Waals surface area contributed by atoms with Crippen LogP contribution in [-0.2, 0) is 9.53 Å². The van der Waals surface area contributed by atoms with E-state index in [-0.39, 0.29) is 12.6 Å². The van der Waals surface area contributed by atoms with Gasteiger partial charge in [-0.05, 0) is 18.2 Å². The molecule has 1 rings (SSSR count). The predicted molar refractivity (Wildman–Crippen MR) is 69.8 cm³/mol. The number of ether oxygens (including phenoxy) is 1. The number of carbonyl (C=O) groups is 1. The van der Waals surface area contributed by atoms with Gasteiger partial charge in [0.05, 0.1) is 16.9 Å². The molecular weight excluding hydrogens is 263 g/mol. The standard InChI is InChI=1S/C11H12Cl2N2O2/c1-2-11(16)17-6-5-14-15-10-4-3-8(12)7-9(10)13/h3-5,7,15H,2,6H2,1H3/b14-5+. The normalized spacial score (nSPS) is 10.5. The van der Waals surface area contributed by atoms with Crippen LogP contribution in [0.2, 0.25) is 10.0 Å². The summed E-state index contributed by atoms with van der Waals surface area (Å²) in [6.07, 6.45) is 1.79. The molecule has 1 aromatic carbocycles. The van der Waals surface area contributed by atoms with Crippen LogP contribution in [0.15, 0.2) is 23.3 Å². The van der Waals surface area contributed by atoms with Crippen LogP contribution in [0.4, 0.5) is 5.69 Å². The van der Waals surface area contributed by atoms with Gasteiger partial charge in [0.25, 0.3) is 0 Å². The van der Waals surface area contributed by atoms with Crippen LogP contribution in [-0.4, -0.2) is 18.8 Å². The number of benzene rings is 1. The second-order valence-electron chi connectivity index (χ2n) is 3.08. The lowest BCUT2D eigenvalue weighted by Gasteiger charge is -2.03. The Morgan fingerprint density at radius 3 is 2.94 bits per heavy atom. The van der Waals surface area contributed by atoms with Crippen molar-refractivity contribution in [3.63, 3.8) is 0 Å². The molecule has 0 aromatic heterocycles. The molecule has 1 N–H and O–H groups in total. The highest BCUT2D eigenvalue weighted by Crippen LogP contribution is 2.25. The summed E-state index contributed by atoms with van der Waals surface area (Å²) in [7, 11) is 0. The number of hydrazone groups is 1. The van der Waals surface area contributed by atoms with E-state index in [9.17, 15) is 4.79 Å². The van der Waals surface area contributed by atoms with Crippen LogP contribution >= 0.6 is 23.2 Å². The molecular formula is C11H12Cl2N2O2. The first-order chi connectivity index (χ1) is 8.13. The summed E-state index contributed by atoms with van der Waals surface area (Å²) in [5.41, 5.74) is 3.35. The van der Waals surface area contributed by atoms with Gasteiger partial charge >= 0.3 is 5.97 Å². The van der Waals surface area contributed by atoms with Gasteiger partial charge in [-0.2, -0.15) is 5.10 Å². The number of esters is 1. The quantitative estimate of drug-likeness (QED) is 0.509. The fourth-order valence-electron chi connectivity index (χ4n) is 0.965. The Kier molecular flexibility index (Phi) is 5.80. The maximum Gasteiger partial charge on any atom is 0.305 e. The summed E-state index contributed by atoms with van der Waals surface area (Å²) < 4.78 is 4.80. The molecule has 0 fully saturated rings. The molecule has 0 atom stereocenters. The van der Waals surface area contributed by atoms with Crippen molar-refractivity contribution in [1.82, 2.24) is 0 Å². The molecule has 92 valence electrons. The van der Waals surface area contributed by atoms with E-state index in [0.717, 1.165) is 0 Å². The third-order valence-corrected chi connectivity index (χ3v) is 2.36. The molecule has 4 nitrogen and oxygen atoms in total. The number of hydrogen-bond donors (Lipinski definition) is 1. The van der Waals surface area contributed by atoms with Crippen LogP contribution in [0.1, 0.15) is 13.3 Å². The fraction of sp³-hybridized carbons (Fsp3) is 0.273. The molecule has 0 bridgehead atoms. The third-order valence-electron chi connectivity index (χ3n) is 1.81. The van der Waals surface area contributed by atoms with Crippen LogP contribution in [0, 0.1) is 0 Å². The van der Waals surface area contributed by atoms with Crippen LogP contribution in [0.25, 0.3) is 0 Å². The number of rotatable bonds is 5. The molecule has 6 heteroatoms. The van der Waals surface area contributed by atoms with Crippen molar-refractivity contribution in [2.75, 3.05) is 12.0 Å². The van der Waals surface area contributed by atoms with Gasteiger partial charge in [-0.1, -0.05) is 30.1 Å². The number of anilines is 1. The summed E-state index contributed by atoms with van der Waals surface area (Å²) in [6, 6.07) is 5.01. The molecule has 17 heavy (non-hydrogen) atoms. The minimum Gasteiger partial charge on any atom is -0.460 e. The van der Waals surface area contributed by atoms with Gasteiger partial charge in [-0.15, -0.1) is 0 Å². The van der Waals surface area contributed by atoms with Crippen LogP contribution in [0.3, 0.4) is 0 Å². The first kappa shape index (κ1) is 13.8. The van der Waals surface area contributed by atoms with E-state index in [4.69, 9.17) is 27.9 Å². The van der Waals surface area contributed by atoms with E-state index in [1.54, 1.807) is 25.1 Å². The Hall–Kier alpha value is -1.26. The molecule has 0 radical (unpaired) electrons. The van der Waals surface area contributed by atoms with E-state index in [2.05, 4.69) is 10.5 Å². The smallest absolute Gasteiger partial charge is 0.305 e. The molecule has 0 aliphatic rings. The fourth-order valence-corrected chi connectivity index (χ4v) is 1.42. The van der Waals surface area contributed by atoms with Gasteiger partial charge in [0.1, 0.15) is 6.61 Å². The highest BCUT2D eigenvalue weighted by molar-refractivity contribution is 6.36. The van der Waals surface area contributed by atoms with Crippen molar-refractivity contribution < 1.29 is 9.53 Å². The molecule has 0 aliphatic carbocycles. The Labute approximate surface area is 110 Å². The van der Waals surface area contributed by atoms with Crippen LogP contribution in [0.5, 0.6) is 0 Å². The summed E-state index contributed by atoms with van der Waals surface area (Å²) >= 11 is 11.7. The number of nitrogens with one attached hydrogen (secondary N) is 1. The molecule has 0 saturated heterocycles. The first-order valence-electron chi connectivity index (χ1n) is 5.01. The zero-order chi connectivity index (χ0) is 12.7. The zero-order valence-electron chi connectivity index (χ0n) is 9.24. The summed E-state index contributed by atoms with van der Waals surface area (Å²) in [5, 5.41) is 4.89. The summed E-state index contributed by atoms with van der Waals surface area (Å²) in [4.78, 5) is 10.8. The number of hydrogen-bond acceptors (Lipinski definition) is 4. The second-order valence-corrected chi connectivity index (χ2v) is 3.93. The summed E-state index contributed by atoms with van der Waals surface area (Å²) in [6.45, 7) is 1.86. The van der Waals surface area contributed by atoms with Crippen molar-refractivity contribution in [2.24, 2.45) is 5.10 Å². The Morgan fingerprint density at radius 1 is 1.53 bits per heavy atom. The highest BCUT2D eigenvalue weighted by Gasteiger charge is 1.99. The van der Waals surface area contributed by atoms with E-state index >= 15 is 0 Å². The van der Waals surface area contributed by atoms with Crippen molar-refractivity contribution >= 4 is 41.1 Å². The van der Waals surface area contributed by atoms with Gasteiger partial charge < -0.3 is 4.74 Å². The average Bonchev–Trinajstić information content (AvgIpc) is 2.30. The van der Waals surface area contributed by atoms with Gasteiger partial charge in [0.2, 0.25) is 0 Å². The first-order valence-corrected chi connectivity index (χ1v) is 5.77. The molecule has 0 amide bonds. The molecule has 1 aromatic rings. The van der Waals surface area contributed by atoms with Gasteiger partial charge in [-0.3, -0.25) is 10.2 Å². The number of halogens is 2. The summed E-state index contributed by atoms with van der Waals surface area (Å²) in [5.74, 6) is -0.263. The number of carbonyl (C=O) groups excluding carboxylic acids is 1. The second kappa shape index (κ2) is 7.14. The Balaban J connectivity index is 2.39. The van der Waals surface area contributed by atoms with Crippen LogP contribution < -0.4 is 5.43 Å². The predicted octanol–water partition coefficient (Wildman–Crippen LogP) is 3.34.